The first-order valence-corrected chi connectivity index (χ1v) is 9.17. The van der Waals surface area contributed by atoms with E-state index in [0.29, 0.717) is 12.8 Å². The molecule has 0 aliphatic heterocycles. The van der Waals surface area contributed by atoms with E-state index in [2.05, 4.69) is 0 Å². The average molecular weight is 285 g/mol. The topological polar surface area (TPSA) is 83.5 Å². The molecule has 104 valence electrons. The molecule has 0 spiro atoms. The van der Waals surface area contributed by atoms with Gasteiger partial charge in [-0.3, -0.25) is 0 Å². The van der Waals surface area contributed by atoms with E-state index in [4.69, 9.17) is 0 Å². The van der Waals surface area contributed by atoms with Crippen LogP contribution < -0.4 is 4.13 Å². The molecule has 0 bridgehead atoms. The maximum absolute atomic E-state index is 11.5. The minimum absolute atomic E-state index is 0.0972. The van der Waals surface area contributed by atoms with Crippen molar-refractivity contribution >= 4 is 25.4 Å². The number of hydrogen-bond acceptors (Lipinski definition) is 3. The molecule has 0 aromatic heterocycles. The van der Waals surface area contributed by atoms with Gasteiger partial charge in [0.1, 0.15) is 0 Å². The summed E-state index contributed by atoms with van der Waals surface area (Å²) < 4.78 is 45.8. The molecule has 0 fully saturated rings. The highest BCUT2D eigenvalue weighted by atomic mass is 32.3. The lowest BCUT2D eigenvalue weighted by Crippen LogP contribution is -2.33. The minimum atomic E-state index is -3.66. The largest absolute Gasteiger partial charge is 0.302 e. The van der Waals surface area contributed by atoms with Gasteiger partial charge >= 0.3 is 0 Å². The van der Waals surface area contributed by atoms with E-state index in [0.717, 1.165) is 31.1 Å². The van der Waals surface area contributed by atoms with Crippen LogP contribution in [0.25, 0.3) is 0 Å². The number of rotatable bonds is 9. The Morgan fingerprint density at radius 3 is 2.18 bits per heavy atom. The van der Waals surface area contributed by atoms with Gasteiger partial charge in [-0.2, -0.15) is 0 Å². The molecule has 0 heterocycles. The first-order chi connectivity index (χ1) is 7.83. The van der Waals surface area contributed by atoms with E-state index in [1.165, 1.54) is 0 Å². The normalized spacial score (nSPS) is 15.5. The Bertz CT molecular complexity index is 408. The summed E-state index contributed by atoms with van der Waals surface area (Å²) >= 11 is 0. The average Bonchev–Trinajstić information content (AvgIpc) is 2.16. The van der Waals surface area contributed by atoms with Gasteiger partial charge in [-0.25, -0.2) is 12.6 Å². The summed E-state index contributed by atoms with van der Waals surface area (Å²) in [7, 11) is -7.22. The van der Waals surface area contributed by atoms with Gasteiger partial charge in [0.2, 0.25) is 10.0 Å². The summed E-state index contributed by atoms with van der Waals surface area (Å²) in [6.07, 6.45) is 4.32. The Morgan fingerprint density at radius 2 is 1.65 bits per heavy atom. The molecule has 17 heavy (non-hydrogen) atoms. The quantitative estimate of drug-likeness (QED) is 0.499. The zero-order valence-electron chi connectivity index (χ0n) is 10.5. The van der Waals surface area contributed by atoms with E-state index < -0.39 is 20.0 Å². The molecule has 0 saturated heterocycles. The van der Waals surface area contributed by atoms with Gasteiger partial charge in [0.15, 0.2) is 9.99 Å². The second kappa shape index (κ2) is 8.07. The van der Waals surface area contributed by atoms with Gasteiger partial charge in [-0.05, 0) is 19.3 Å². The molecule has 2 N–H and O–H groups in total. The van der Waals surface area contributed by atoms with Crippen LogP contribution in [0.2, 0.25) is 0 Å². The van der Waals surface area contributed by atoms with Crippen molar-refractivity contribution in [3.05, 3.63) is 0 Å². The SMILES string of the molecule is CCCCC=S(=O)(O)NS(=O)(=O)CCCCC. The molecule has 0 rings (SSSR count). The third-order valence-electron chi connectivity index (χ3n) is 2.16. The van der Waals surface area contributed by atoms with E-state index in [9.17, 15) is 17.2 Å². The second-order valence-electron chi connectivity index (χ2n) is 3.99. The van der Waals surface area contributed by atoms with Gasteiger partial charge < -0.3 is 4.55 Å². The zero-order valence-corrected chi connectivity index (χ0v) is 12.1. The van der Waals surface area contributed by atoms with Gasteiger partial charge in [-0.15, -0.1) is 4.13 Å². The van der Waals surface area contributed by atoms with Crippen LogP contribution in [0, 0.1) is 0 Å². The fourth-order valence-corrected chi connectivity index (χ4v) is 4.38. The molecule has 7 heteroatoms. The number of sulfonamides is 1. The summed E-state index contributed by atoms with van der Waals surface area (Å²) in [4.78, 5) is 0. The fourth-order valence-electron chi connectivity index (χ4n) is 1.25. The highest BCUT2D eigenvalue weighted by Gasteiger charge is 2.14. The van der Waals surface area contributed by atoms with Crippen molar-refractivity contribution in [3.63, 3.8) is 0 Å². The minimum Gasteiger partial charge on any atom is -0.302 e. The molecule has 1 atom stereocenters. The summed E-state index contributed by atoms with van der Waals surface area (Å²) in [5.74, 6) is -0.0972. The monoisotopic (exact) mass is 285 g/mol. The van der Waals surface area contributed by atoms with Crippen LogP contribution in [0.1, 0.15) is 52.4 Å². The Morgan fingerprint density at radius 1 is 1.06 bits per heavy atom. The van der Waals surface area contributed by atoms with Gasteiger partial charge in [0, 0.05) is 5.37 Å². The van der Waals surface area contributed by atoms with Crippen LogP contribution in [-0.2, 0) is 20.0 Å². The standard InChI is InChI=1S/C10H23NO4S2/c1-3-5-7-9-16(12,13)11-17(14,15)10-8-6-4-2/h9H,3-8,10H2,1-2H3,(H2,11,12,13). The summed E-state index contributed by atoms with van der Waals surface area (Å²) in [6, 6.07) is 0. The molecule has 0 aromatic rings. The van der Waals surface area contributed by atoms with E-state index in [1.54, 1.807) is 0 Å². The molecule has 0 aromatic carbocycles. The van der Waals surface area contributed by atoms with Crippen LogP contribution >= 0.6 is 0 Å². The van der Waals surface area contributed by atoms with Crippen LogP contribution in [0.3, 0.4) is 0 Å². The summed E-state index contributed by atoms with van der Waals surface area (Å²) in [5.41, 5.74) is 0. The smallest absolute Gasteiger partial charge is 0.223 e. The van der Waals surface area contributed by atoms with Gasteiger partial charge in [0.25, 0.3) is 0 Å². The van der Waals surface area contributed by atoms with Crippen molar-refractivity contribution in [1.82, 2.24) is 4.13 Å². The molecule has 0 radical (unpaired) electrons. The van der Waals surface area contributed by atoms with Crippen molar-refractivity contribution in [2.24, 2.45) is 0 Å². The first-order valence-electron chi connectivity index (χ1n) is 5.94. The van der Waals surface area contributed by atoms with Crippen LogP contribution in [0.5, 0.6) is 0 Å². The lowest BCUT2D eigenvalue weighted by atomic mass is 10.3. The van der Waals surface area contributed by atoms with E-state index in [-0.39, 0.29) is 5.75 Å². The van der Waals surface area contributed by atoms with Crippen molar-refractivity contribution in [2.75, 3.05) is 5.75 Å². The Labute approximate surface area is 105 Å². The molecule has 1 unspecified atom stereocenters. The first kappa shape index (κ1) is 16.9. The number of unbranched alkanes of at least 4 members (excludes halogenated alkanes) is 4. The summed E-state index contributed by atoms with van der Waals surface area (Å²) in [6.45, 7) is 3.93. The lowest BCUT2D eigenvalue weighted by Gasteiger charge is -2.07. The molecule has 0 aliphatic rings. The maximum atomic E-state index is 11.5. The Balaban J connectivity index is 4.38. The molecular weight excluding hydrogens is 262 g/mol. The highest BCUT2D eigenvalue weighted by Crippen LogP contribution is 2.00. The highest BCUT2D eigenvalue weighted by molar-refractivity contribution is 8.07. The van der Waals surface area contributed by atoms with E-state index in [1.807, 2.05) is 18.0 Å². The zero-order chi connectivity index (χ0) is 13.4. The molecule has 0 saturated carbocycles. The maximum Gasteiger partial charge on any atom is 0.223 e. The van der Waals surface area contributed by atoms with Crippen molar-refractivity contribution < 1.29 is 17.2 Å². The van der Waals surface area contributed by atoms with Crippen molar-refractivity contribution in [1.29, 1.82) is 0 Å². The van der Waals surface area contributed by atoms with Crippen LogP contribution in [0.4, 0.5) is 0 Å². The number of hydrogen-bond donors (Lipinski definition) is 2. The lowest BCUT2D eigenvalue weighted by molar-refractivity contribution is 0.548. The molecule has 0 aliphatic carbocycles. The second-order valence-corrected chi connectivity index (χ2v) is 7.76. The predicted molar refractivity (Wildman–Crippen MR) is 72.8 cm³/mol. The summed E-state index contributed by atoms with van der Waals surface area (Å²) in [5, 5.41) is 1.15. The number of nitrogens with one attached hydrogen (secondary N) is 1. The molecule has 5 nitrogen and oxygen atoms in total. The predicted octanol–water partition coefficient (Wildman–Crippen LogP) is 1.76. The molecular formula is C10H23NO4S2. The Hall–Kier alpha value is -0.110. The fraction of sp³-hybridized carbons (Fsp3) is 0.900. The molecule has 0 amide bonds. The van der Waals surface area contributed by atoms with E-state index >= 15 is 0 Å². The third-order valence-corrected chi connectivity index (χ3v) is 5.65. The van der Waals surface area contributed by atoms with Gasteiger partial charge in [-0.1, -0.05) is 33.1 Å². The van der Waals surface area contributed by atoms with Crippen molar-refractivity contribution in [2.45, 2.75) is 52.4 Å². The van der Waals surface area contributed by atoms with Gasteiger partial charge in [0.05, 0.1) is 5.75 Å². The van der Waals surface area contributed by atoms with Crippen LogP contribution in [0.15, 0.2) is 0 Å². The van der Waals surface area contributed by atoms with Crippen LogP contribution in [-0.4, -0.2) is 28.3 Å². The Kier molecular flexibility index (Phi) is 8.02. The third kappa shape index (κ3) is 9.58. The van der Waals surface area contributed by atoms with Crippen molar-refractivity contribution in [3.8, 4) is 0 Å².